The Morgan fingerprint density at radius 3 is 2.60 bits per heavy atom. The van der Waals surface area contributed by atoms with Crippen molar-refractivity contribution in [2.75, 3.05) is 36.9 Å². The van der Waals surface area contributed by atoms with Gasteiger partial charge in [0, 0.05) is 30.2 Å². The SMILES string of the molecule is CCOC(=O)NCCNC(=O)c1ccccc1SCC(=O)N1CCc2ccccc21. The molecule has 3 rings (SSSR count). The molecule has 0 aromatic heterocycles. The maximum atomic E-state index is 12.7. The first-order valence-corrected chi connectivity index (χ1v) is 10.9. The Morgan fingerprint density at radius 1 is 1.03 bits per heavy atom. The molecule has 0 unspecified atom stereocenters. The zero-order valence-corrected chi connectivity index (χ0v) is 17.7. The third-order valence-electron chi connectivity index (χ3n) is 4.63. The van der Waals surface area contributed by atoms with E-state index in [4.69, 9.17) is 4.74 Å². The van der Waals surface area contributed by atoms with E-state index < -0.39 is 6.09 Å². The first-order valence-electron chi connectivity index (χ1n) is 9.89. The van der Waals surface area contributed by atoms with Crippen LogP contribution in [0.1, 0.15) is 22.8 Å². The van der Waals surface area contributed by atoms with Crippen LogP contribution in [0, 0.1) is 0 Å². The lowest BCUT2D eigenvalue weighted by molar-refractivity contribution is -0.116. The molecule has 2 aromatic carbocycles. The van der Waals surface area contributed by atoms with Gasteiger partial charge in [-0.05, 0) is 37.1 Å². The van der Waals surface area contributed by atoms with Gasteiger partial charge in [-0.3, -0.25) is 9.59 Å². The van der Waals surface area contributed by atoms with Crippen LogP contribution in [0.5, 0.6) is 0 Å². The van der Waals surface area contributed by atoms with Gasteiger partial charge >= 0.3 is 6.09 Å². The predicted molar refractivity (Wildman–Crippen MR) is 117 cm³/mol. The lowest BCUT2D eigenvalue weighted by atomic mass is 10.2. The van der Waals surface area contributed by atoms with Crippen molar-refractivity contribution in [3.8, 4) is 0 Å². The molecule has 2 aromatic rings. The van der Waals surface area contributed by atoms with E-state index in [9.17, 15) is 14.4 Å². The van der Waals surface area contributed by atoms with Crippen molar-refractivity contribution < 1.29 is 19.1 Å². The van der Waals surface area contributed by atoms with Crippen LogP contribution in [-0.2, 0) is 16.0 Å². The average molecular weight is 428 g/mol. The largest absolute Gasteiger partial charge is 0.450 e. The van der Waals surface area contributed by atoms with Crippen molar-refractivity contribution in [1.29, 1.82) is 0 Å². The summed E-state index contributed by atoms with van der Waals surface area (Å²) < 4.78 is 4.77. The molecule has 3 amide bonds. The van der Waals surface area contributed by atoms with Crippen LogP contribution in [0.25, 0.3) is 0 Å². The van der Waals surface area contributed by atoms with Crippen LogP contribution >= 0.6 is 11.8 Å². The van der Waals surface area contributed by atoms with E-state index in [0.29, 0.717) is 18.7 Å². The smallest absolute Gasteiger partial charge is 0.407 e. The van der Waals surface area contributed by atoms with Crippen molar-refractivity contribution in [2.45, 2.75) is 18.2 Å². The molecule has 1 aliphatic heterocycles. The Bertz CT molecular complexity index is 919. The Hall–Kier alpha value is -3.00. The van der Waals surface area contributed by atoms with E-state index in [2.05, 4.69) is 10.6 Å². The third kappa shape index (κ3) is 5.54. The van der Waals surface area contributed by atoms with Crippen molar-refractivity contribution in [1.82, 2.24) is 10.6 Å². The molecular weight excluding hydrogens is 402 g/mol. The minimum atomic E-state index is -0.510. The molecule has 8 heteroatoms. The minimum absolute atomic E-state index is 0.0267. The zero-order valence-electron chi connectivity index (χ0n) is 16.8. The van der Waals surface area contributed by atoms with Crippen molar-refractivity contribution >= 4 is 35.4 Å². The van der Waals surface area contributed by atoms with Crippen LogP contribution in [0.4, 0.5) is 10.5 Å². The summed E-state index contributed by atoms with van der Waals surface area (Å²) >= 11 is 1.35. The predicted octanol–water partition coefficient (Wildman–Crippen LogP) is 2.84. The molecule has 30 heavy (non-hydrogen) atoms. The molecule has 0 fully saturated rings. The fraction of sp³-hybridized carbons (Fsp3) is 0.318. The first-order chi connectivity index (χ1) is 14.6. The normalized spacial score (nSPS) is 12.2. The summed E-state index contributed by atoms with van der Waals surface area (Å²) in [5.41, 5.74) is 2.67. The van der Waals surface area contributed by atoms with Gasteiger partial charge in [0.15, 0.2) is 0 Å². The Balaban J connectivity index is 1.53. The van der Waals surface area contributed by atoms with Crippen LogP contribution < -0.4 is 15.5 Å². The average Bonchev–Trinajstić information content (AvgIpc) is 3.19. The van der Waals surface area contributed by atoms with Gasteiger partial charge in [-0.25, -0.2) is 4.79 Å². The number of nitrogens with one attached hydrogen (secondary N) is 2. The number of amides is 3. The highest BCUT2D eigenvalue weighted by Gasteiger charge is 2.24. The van der Waals surface area contributed by atoms with Crippen LogP contribution in [0.3, 0.4) is 0 Å². The van der Waals surface area contributed by atoms with E-state index in [-0.39, 0.29) is 30.7 Å². The van der Waals surface area contributed by atoms with Crippen molar-refractivity contribution in [3.05, 3.63) is 59.7 Å². The number of anilines is 1. The molecule has 0 radical (unpaired) electrons. The highest BCUT2D eigenvalue weighted by Crippen LogP contribution is 2.29. The van der Waals surface area contributed by atoms with Gasteiger partial charge in [0.1, 0.15) is 0 Å². The van der Waals surface area contributed by atoms with Gasteiger partial charge < -0.3 is 20.3 Å². The second-order valence-electron chi connectivity index (χ2n) is 6.61. The highest BCUT2D eigenvalue weighted by molar-refractivity contribution is 8.00. The quantitative estimate of drug-likeness (QED) is 0.500. The number of para-hydroxylation sites is 1. The van der Waals surface area contributed by atoms with Gasteiger partial charge in [-0.2, -0.15) is 0 Å². The molecule has 2 N–H and O–H groups in total. The first kappa shape index (κ1) is 21.7. The summed E-state index contributed by atoms with van der Waals surface area (Å²) in [6.45, 7) is 3.26. The Morgan fingerprint density at radius 2 is 1.77 bits per heavy atom. The van der Waals surface area contributed by atoms with E-state index in [1.807, 2.05) is 41.3 Å². The summed E-state index contributed by atoms with van der Waals surface area (Å²) in [5.74, 6) is 0.0322. The topological polar surface area (TPSA) is 87.7 Å². The number of ether oxygens (including phenoxy) is 1. The van der Waals surface area contributed by atoms with Crippen molar-refractivity contribution in [2.24, 2.45) is 0 Å². The molecule has 1 heterocycles. The fourth-order valence-electron chi connectivity index (χ4n) is 3.21. The summed E-state index contributed by atoms with van der Waals surface area (Å²) in [4.78, 5) is 39.1. The number of benzene rings is 2. The molecule has 0 spiro atoms. The summed E-state index contributed by atoms with van der Waals surface area (Å²) in [6, 6.07) is 15.1. The molecule has 1 aliphatic rings. The van der Waals surface area contributed by atoms with Gasteiger partial charge in [0.2, 0.25) is 5.91 Å². The number of carbonyl (C=O) groups excluding carboxylic acids is 3. The number of fused-ring (bicyclic) bond motifs is 1. The molecule has 0 saturated heterocycles. The van der Waals surface area contributed by atoms with Crippen molar-refractivity contribution in [3.63, 3.8) is 0 Å². The molecule has 0 aliphatic carbocycles. The number of hydrogen-bond donors (Lipinski definition) is 2. The molecule has 0 atom stereocenters. The number of rotatable bonds is 8. The van der Waals surface area contributed by atoms with E-state index >= 15 is 0 Å². The van der Waals surface area contributed by atoms with Gasteiger partial charge in [0.25, 0.3) is 5.91 Å². The summed E-state index contributed by atoms with van der Waals surface area (Å²) in [7, 11) is 0. The fourth-order valence-corrected chi connectivity index (χ4v) is 4.14. The number of hydrogen-bond acceptors (Lipinski definition) is 5. The Labute approximate surface area is 180 Å². The van der Waals surface area contributed by atoms with E-state index in [1.165, 1.54) is 17.3 Å². The number of nitrogens with zero attached hydrogens (tertiary/aromatic N) is 1. The highest BCUT2D eigenvalue weighted by atomic mass is 32.2. The molecule has 0 saturated carbocycles. The second-order valence-corrected chi connectivity index (χ2v) is 7.63. The van der Waals surface area contributed by atoms with Gasteiger partial charge in [-0.1, -0.05) is 30.3 Å². The summed E-state index contributed by atoms with van der Waals surface area (Å²) in [6.07, 6.45) is 0.357. The maximum absolute atomic E-state index is 12.7. The van der Waals surface area contributed by atoms with Gasteiger partial charge in [-0.15, -0.1) is 11.8 Å². The maximum Gasteiger partial charge on any atom is 0.407 e. The lowest BCUT2D eigenvalue weighted by Crippen LogP contribution is -2.35. The number of alkyl carbamates (subject to hydrolysis) is 1. The molecular formula is C22H25N3O4S. The lowest BCUT2D eigenvalue weighted by Gasteiger charge is -2.17. The molecule has 7 nitrogen and oxygen atoms in total. The molecule has 0 bridgehead atoms. The van der Waals surface area contributed by atoms with Crippen LogP contribution in [-0.4, -0.2) is 49.9 Å². The third-order valence-corrected chi connectivity index (χ3v) is 5.68. The minimum Gasteiger partial charge on any atom is -0.450 e. The summed E-state index contributed by atoms with van der Waals surface area (Å²) in [5, 5.41) is 5.33. The second kappa shape index (κ2) is 10.7. The molecule has 158 valence electrons. The van der Waals surface area contributed by atoms with Crippen LogP contribution in [0.2, 0.25) is 0 Å². The standard InChI is InChI=1S/C22H25N3O4S/c1-2-29-22(28)24-13-12-23-21(27)17-8-4-6-10-19(17)30-15-20(26)25-14-11-16-7-3-5-9-18(16)25/h3-10H,2,11-15H2,1H3,(H,23,27)(H,24,28). The van der Waals surface area contributed by atoms with E-state index in [0.717, 1.165) is 17.0 Å². The number of thioether (sulfide) groups is 1. The zero-order chi connectivity index (χ0) is 21.3. The number of carbonyl (C=O) groups is 3. The Kier molecular flexibility index (Phi) is 7.73. The monoisotopic (exact) mass is 427 g/mol. The van der Waals surface area contributed by atoms with Gasteiger partial charge in [0.05, 0.1) is 17.9 Å². The van der Waals surface area contributed by atoms with Crippen LogP contribution in [0.15, 0.2) is 53.4 Å². The van der Waals surface area contributed by atoms with E-state index in [1.54, 1.807) is 19.1 Å².